The van der Waals surface area contributed by atoms with Gasteiger partial charge >= 0.3 is 0 Å². The molecule has 0 saturated carbocycles. The zero-order chi connectivity index (χ0) is 10.6. The molecule has 1 atom stereocenters. The molecule has 3 heteroatoms. The summed E-state index contributed by atoms with van der Waals surface area (Å²) in [6.07, 6.45) is 2.36. The molecule has 1 aromatic heterocycles. The predicted octanol–water partition coefficient (Wildman–Crippen LogP) is 1.56. The lowest BCUT2D eigenvalue weighted by Crippen LogP contribution is -2.22. The normalized spacial score (nSPS) is 13.1. The van der Waals surface area contributed by atoms with E-state index in [4.69, 9.17) is 10.8 Å². The van der Waals surface area contributed by atoms with E-state index < -0.39 is 0 Å². The molecule has 0 bridgehead atoms. The van der Waals surface area contributed by atoms with Gasteiger partial charge in [0.15, 0.2) is 0 Å². The summed E-state index contributed by atoms with van der Waals surface area (Å²) in [6.45, 7) is 5.01. The molecular formula is C11H18N2O. The molecule has 0 aliphatic rings. The maximum atomic E-state index is 9.07. The highest BCUT2D eigenvalue weighted by Gasteiger charge is 2.12. The molecule has 0 amide bonds. The maximum absolute atomic E-state index is 9.07. The quantitative estimate of drug-likeness (QED) is 0.764. The van der Waals surface area contributed by atoms with E-state index in [1.807, 2.05) is 6.07 Å². The van der Waals surface area contributed by atoms with Crippen LogP contribution < -0.4 is 5.73 Å². The van der Waals surface area contributed by atoms with Crippen molar-refractivity contribution in [2.75, 3.05) is 6.54 Å². The Kier molecular flexibility index (Phi) is 3.89. The minimum atomic E-state index is 0.211. The Bertz CT molecular complexity index is 269. The highest BCUT2D eigenvalue weighted by atomic mass is 16.3. The second kappa shape index (κ2) is 4.96. The Hall–Kier alpha value is -1.09. The van der Waals surface area contributed by atoms with Crippen LogP contribution in [0.1, 0.15) is 19.5 Å². The zero-order valence-corrected chi connectivity index (χ0v) is 8.77. The predicted molar refractivity (Wildman–Crippen MR) is 57.0 cm³/mol. The van der Waals surface area contributed by atoms with Crippen LogP contribution in [-0.4, -0.2) is 16.6 Å². The van der Waals surface area contributed by atoms with Crippen molar-refractivity contribution >= 4 is 0 Å². The van der Waals surface area contributed by atoms with Crippen LogP contribution >= 0.6 is 0 Å². The minimum Gasteiger partial charge on any atom is -0.506 e. The first-order valence-corrected chi connectivity index (χ1v) is 4.97. The van der Waals surface area contributed by atoms with Crippen LogP contribution in [0.15, 0.2) is 18.3 Å². The Morgan fingerprint density at radius 2 is 2.14 bits per heavy atom. The molecule has 3 nitrogen and oxygen atoms in total. The summed E-state index contributed by atoms with van der Waals surface area (Å²) in [4.78, 5) is 4.14. The topological polar surface area (TPSA) is 59.1 Å². The molecule has 14 heavy (non-hydrogen) atoms. The van der Waals surface area contributed by atoms with Gasteiger partial charge in [0, 0.05) is 5.69 Å². The lowest BCUT2D eigenvalue weighted by atomic mass is 9.91. The number of aromatic hydroxyl groups is 1. The van der Waals surface area contributed by atoms with Crippen molar-refractivity contribution in [1.82, 2.24) is 4.98 Å². The van der Waals surface area contributed by atoms with Crippen molar-refractivity contribution in [3.05, 3.63) is 24.0 Å². The average Bonchev–Trinajstić information content (AvgIpc) is 2.16. The molecule has 3 N–H and O–H groups in total. The molecule has 0 fully saturated rings. The monoisotopic (exact) mass is 194 g/mol. The second-order valence-corrected chi connectivity index (χ2v) is 3.95. The average molecular weight is 194 g/mol. The molecular weight excluding hydrogens is 176 g/mol. The smallest absolute Gasteiger partial charge is 0.133 e. The Labute approximate surface area is 85.0 Å². The lowest BCUT2D eigenvalue weighted by Gasteiger charge is -2.17. The van der Waals surface area contributed by atoms with Crippen LogP contribution in [0.5, 0.6) is 5.75 Å². The highest BCUT2D eigenvalue weighted by Crippen LogP contribution is 2.16. The summed E-state index contributed by atoms with van der Waals surface area (Å²) < 4.78 is 0. The molecule has 0 aliphatic heterocycles. The highest BCUT2D eigenvalue weighted by molar-refractivity contribution is 5.18. The second-order valence-electron chi connectivity index (χ2n) is 3.95. The van der Waals surface area contributed by atoms with Gasteiger partial charge in [-0.25, -0.2) is 0 Å². The first-order valence-electron chi connectivity index (χ1n) is 4.97. The van der Waals surface area contributed by atoms with Crippen molar-refractivity contribution < 1.29 is 5.11 Å². The standard InChI is InChI=1S/C11H18N2O/c1-8(2)9(6-12)5-10-3-4-11(14)7-13-10/h3-4,7-9,14H,5-6,12H2,1-2H3. The molecule has 0 saturated heterocycles. The molecule has 0 radical (unpaired) electrons. The molecule has 0 aromatic carbocycles. The fraction of sp³-hybridized carbons (Fsp3) is 0.545. The molecule has 1 heterocycles. The van der Waals surface area contributed by atoms with E-state index in [0.29, 0.717) is 18.4 Å². The fourth-order valence-electron chi connectivity index (χ4n) is 1.40. The van der Waals surface area contributed by atoms with Gasteiger partial charge in [0.1, 0.15) is 5.75 Å². The van der Waals surface area contributed by atoms with E-state index >= 15 is 0 Å². The SMILES string of the molecule is CC(C)C(CN)Cc1ccc(O)cn1. The maximum Gasteiger partial charge on any atom is 0.133 e. The number of aromatic nitrogens is 1. The van der Waals surface area contributed by atoms with E-state index in [-0.39, 0.29) is 5.75 Å². The molecule has 1 unspecified atom stereocenters. The lowest BCUT2D eigenvalue weighted by molar-refractivity contribution is 0.388. The van der Waals surface area contributed by atoms with Gasteiger partial charge in [-0.05, 0) is 36.9 Å². The third-order valence-electron chi connectivity index (χ3n) is 2.53. The van der Waals surface area contributed by atoms with Crippen molar-refractivity contribution in [3.8, 4) is 5.75 Å². The summed E-state index contributed by atoms with van der Waals surface area (Å²) >= 11 is 0. The van der Waals surface area contributed by atoms with Crippen molar-refractivity contribution in [3.63, 3.8) is 0 Å². The molecule has 0 spiro atoms. The van der Waals surface area contributed by atoms with E-state index in [2.05, 4.69) is 18.8 Å². The van der Waals surface area contributed by atoms with Gasteiger partial charge in [-0.3, -0.25) is 4.98 Å². The number of hydrogen-bond donors (Lipinski definition) is 2. The van der Waals surface area contributed by atoms with E-state index in [0.717, 1.165) is 12.1 Å². The third kappa shape index (κ3) is 3.00. The number of rotatable bonds is 4. The van der Waals surface area contributed by atoms with Crippen molar-refractivity contribution in [1.29, 1.82) is 0 Å². The van der Waals surface area contributed by atoms with Gasteiger partial charge in [-0.1, -0.05) is 13.8 Å². The Morgan fingerprint density at radius 3 is 2.57 bits per heavy atom. The van der Waals surface area contributed by atoms with Gasteiger partial charge < -0.3 is 10.8 Å². The molecule has 78 valence electrons. The summed E-state index contributed by atoms with van der Waals surface area (Å²) in [5, 5.41) is 9.07. The number of nitrogens with zero attached hydrogens (tertiary/aromatic N) is 1. The van der Waals surface area contributed by atoms with Gasteiger partial charge in [0.05, 0.1) is 6.20 Å². The summed E-state index contributed by atoms with van der Waals surface area (Å²) in [6, 6.07) is 3.51. The summed E-state index contributed by atoms with van der Waals surface area (Å²) in [5.74, 6) is 1.24. The largest absolute Gasteiger partial charge is 0.506 e. The van der Waals surface area contributed by atoms with Crippen LogP contribution in [-0.2, 0) is 6.42 Å². The Balaban J connectivity index is 2.63. The van der Waals surface area contributed by atoms with Crippen LogP contribution in [0, 0.1) is 11.8 Å². The van der Waals surface area contributed by atoms with Crippen LogP contribution in [0.4, 0.5) is 0 Å². The van der Waals surface area contributed by atoms with Crippen molar-refractivity contribution in [2.24, 2.45) is 17.6 Å². The molecule has 1 rings (SSSR count). The van der Waals surface area contributed by atoms with Gasteiger partial charge in [-0.15, -0.1) is 0 Å². The number of pyridine rings is 1. The van der Waals surface area contributed by atoms with E-state index in [1.54, 1.807) is 6.07 Å². The number of nitrogens with two attached hydrogens (primary N) is 1. The Morgan fingerprint density at radius 1 is 1.43 bits per heavy atom. The van der Waals surface area contributed by atoms with Gasteiger partial charge in [0.25, 0.3) is 0 Å². The summed E-state index contributed by atoms with van der Waals surface area (Å²) in [5.41, 5.74) is 6.67. The van der Waals surface area contributed by atoms with E-state index in [1.165, 1.54) is 6.20 Å². The van der Waals surface area contributed by atoms with Gasteiger partial charge in [0.2, 0.25) is 0 Å². The van der Waals surface area contributed by atoms with Crippen LogP contribution in [0.3, 0.4) is 0 Å². The minimum absolute atomic E-state index is 0.211. The first-order chi connectivity index (χ1) is 6.63. The van der Waals surface area contributed by atoms with Crippen LogP contribution in [0.25, 0.3) is 0 Å². The zero-order valence-electron chi connectivity index (χ0n) is 8.77. The first kappa shape index (κ1) is 11.0. The number of hydrogen-bond acceptors (Lipinski definition) is 3. The summed E-state index contributed by atoms with van der Waals surface area (Å²) in [7, 11) is 0. The van der Waals surface area contributed by atoms with Gasteiger partial charge in [-0.2, -0.15) is 0 Å². The molecule has 1 aromatic rings. The molecule has 0 aliphatic carbocycles. The van der Waals surface area contributed by atoms with Crippen LogP contribution in [0.2, 0.25) is 0 Å². The fourth-order valence-corrected chi connectivity index (χ4v) is 1.40. The van der Waals surface area contributed by atoms with Crippen molar-refractivity contribution in [2.45, 2.75) is 20.3 Å². The van der Waals surface area contributed by atoms with E-state index in [9.17, 15) is 0 Å². The third-order valence-corrected chi connectivity index (χ3v) is 2.53.